The fraction of sp³-hybridized carbons (Fsp3) is 0.250. The molecule has 3 rings (SSSR count). The first-order chi connectivity index (χ1) is 10.2. The average molecular weight is 307 g/mol. The SMILES string of the molecule is NNC(Cc1ccc(Cl)c(F)c1)c1ccc2c(c1)COC2. The number of ether oxygens (including phenoxy) is 1. The highest BCUT2D eigenvalue weighted by Crippen LogP contribution is 2.26. The molecule has 3 nitrogen and oxygen atoms in total. The van der Waals surface area contributed by atoms with Gasteiger partial charge in [0.2, 0.25) is 0 Å². The van der Waals surface area contributed by atoms with Crippen LogP contribution >= 0.6 is 11.6 Å². The van der Waals surface area contributed by atoms with Crippen LogP contribution < -0.4 is 11.3 Å². The van der Waals surface area contributed by atoms with Gasteiger partial charge in [-0.05, 0) is 40.8 Å². The predicted octanol–water partition coefficient (Wildman–Crippen LogP) is 3.26. The number of rotatable bonds is 4. The van der Waals surface area contributed by atoms with Gasteiger partial charge in [0.1, 0.15) is 5.82 Å². The Morgan fingerprint density at radius 1 is 1.19 bits per heavy atom. The maximum Gasteiger partial charge on any atom is 0.142 e. The standard InChI is InChI=1S/C16H16ClFN2O/c17-14-4-1-10(5-15(14)18)6-16(20-19)11-2-3-12-8-21-9-13(12)7-11/h1-5,7,16,20H,6,8-9,19H2. The highest BCUT2D eigenvalue weighted by atomic mass is 35.5. The van der Waals surface area contributed by atoms with Gasteiger partial charge in [-0.1, -0.05) is 35.9 Å². The van der Waals surface area contributed by atoms with Gasteiger partial charge in [0.25, 0.3) is 0 Å². The number of nitrogens with two attached hydrogens (primary N) is 1. The summed E-state index contributed by atoms with van der Waals surface area (Å²) in [5.41, 5.74) is 7.11. The van der Waals surface area contributed by atoms with Crippen molar-refractivity contribution in [1.29, 1.82) is 0 Å². The second kappa shape index (κ2) is 6.12. The predicted molar refractivity (Wildman–Crippen MR) is 80.1 cm³/mol. The van der Waals surface area contributed by atoms with Crippen molar-refractivity contribution in [2.45, 2.75) is 25.7 Å². The number of halogens is 2. The first kappa shape index (κ1) is 14.5. The van der Waals surface area contributed by atoms with Crippen LogP contribution in [-0.2, 0) is 24.4 Å². The number of fused-ring (bicyclic) bond motifs is 1. The third kappa shape index (κ3) is 3.09. The van der Waals surface area contributed by atoms with Crippen molar-refractivity contribution >= 4 is 11.6 Å². The molecule has 2 aromatic rings. The molecule has 0 saturated carbocycles. The summed E-state index contributed by atoms with van der Waals surface area (Å²) in [4.78, 5) is 0. The van der Waals surface area contributed by atoms with Crippen LogP contribution in [0.25, 0.3) is 0 Å². The zero-order valence-corrected chi connectivity index (χ0v) is 12.2. The van der Waals surface area contributed by atoms with E-state index in [-0.39, 0.29) is 11.1 Å². The molecule has 1 aliphatic heterocycles. The van der Waals surface area contributed by atoms with E-state index in [4.69, 9.17) is 22.2 Å². The van der Waals surface area contributed by atoms with Crippen LogP contribution in [0.3, 0.4) is 0 Å². The first-order valence-corrected chi connectivity index (χ1v) is 7.14. The minimum absolute atomic E-state index is 0.0866. The molecule has 0 spiro atoms. The van der Waals surface area contributed by atoms with Crippen LogP contribution in [0.5, 0.6) is 0 Å². The normalized spacial score (nSPS) is 15.0. The van der Waals surface area contributed by atoms with Crippen molar-refractivity contribution in [2.75, 3.05) is 0 Å². The highest BCUT2D eigenvalue weighted by molar-refractivity contribution is 6.30. The molecule has 3 N–H and O–H groups in total. The molecule has 5 heteroatoms. The summed E-state index contributed by atoms with van der Waals surface area (Å²) in [5, 5.41) is 0.130. The van der Waals surface area contributed by atoms with Crippen LogP contribution in [-0.4, -0.2) is 0 Å². The van der Waals surface area contributed by atoms with Gasteiger partial charge in [-0.15, -0.1) is 0 Å². The van der Waals surface area contributed by atoms with Gasteiger partial charge in [-0.25, -0.2) is 4.39 Å². The van der Waals surface area contributed by atoms with Gasteiger partial charge >= 0.3 is 0 Å². The zero-order chi connectivity index (χ0) is 14.8. The molecule has 0 radical (unpaired) electrons. The minimum Gasteiger partial charge on any atom is -0.372 e. The van der Waals surface area contributed by atoms with E-state index in [0.717, 1.165) is 11.1 Å². The summed E-state index contributed by atoms with van der Waals surface area (Å²) >= 11 is 5.70. The molecule has 0 amide bonds. The van der Waals surface area contributed by atoms with Crippen LogP contribution in [0, 0.1) is 5.82 Å². The van der Waals surface area contributed by atoms with Crippen molar-refractivity contribution in [3.8, 4) is 0 Å². The lowest BCUT2D eigenvalue weighted by Gasteiger charge is -2.17. The van der Waals surface area contributed by atoms with E-state index in [0.29, 0.717) is 19.6 Å². The van der Waals surface area contributed by atoms with Gasteiger partial charge in [0, 0.05) is 6.04 Å². The van der Waals surface area contributed by atoms with E-state index in [1.54, 1.807) is 6.07 Å². The van der Waals surface area contributed by atoms with Gasteiger partial charge in [0.15, 0.2) is 0 Å². The summed E-state index contributed by atoms with van der Waals surface area (Å²) in [6.07, 6.45) is 0.588. The molecule has 1 atom stereocenters. The van der Waals surface area contributed by atoms with E-state index in [2.05, 4.69) is 17.6 Å². The highest BCUT2D eigenvalue weighted by Gasteiger charge is 2.16. The zero-order valence-electron chi connectivity index (χ0n) is 11.4. The molecule has 1 heterocycles. The summed E-state index contributed by atoms with van der Waals surface area (Å²) in [5.74, 6) is 5.25. The topological polar surface area (TPSA) is 47.3 Å². The van der Waals surface area contributed by atoms with Crippen LogP contribution in [0.15, 0.2) is 36.4 Å². The lowest BCUT2D eigenvalue weighted by Crippen LogP contribution is -2.29. The molecule has 21 heavy (non-hydrogen) atoms. The molecule has 110 valence electrons. The molecular formula is C16H16ClFN2O. The van der Waals surface area contributed by atoms with Crippen molar-refractivity contribution in [1.82, 2.24) is 5.43 Å². The molecule has 0 aliphatic carbocycles. The van der Waals surface area contributed by atoms with Crippen molar-refractivity contribution < 1.29 is 9.13 Å². The fourth-order valence-electron chi connectivity index (χ4n) is 2.58. The Hall–Kier alpha value is -1.46. The van der Waals surface area contributed by atoms with Gasteiger partial charge in [0.05, 0.1) is 18.2 Å². The Morgan fingerprint density at radius 2 is 2.00 bits per heavy atom. The van der Waals surface area contributed by atoms with E-state index in [9.17, 15) is 4.39 Å². The smallest absolute Gasteiger partial charge is 0.142 e. The molecule has 1 unspecified atom stereocenters. The lowest BCUT2D eigenvalue weighted by molar-refractivity contribution is 0.134. The van der Waals surface area contributed by atoms with Crippen molar-refractivity contribution in [2.24, 2.45) is 5.84 Å². The van der Waals surface area contributed by atoms with Gasteiger partial charge in [-0.2, -0.15) is 0 Å². The summed E-state index contributed by atoms with van der Waals surface area (Å²) in [7, 11) is 0. The Kier molecular flexibility index (Phi) is 4.22. The quantitative estimate of drug-likeness (QED) is 0.673. The lowest BCUT2D eigenvalue weighted by atomic mass is 9.96. The van der Waals surface area contributed by atoms with Gasteiger partial charge in [-0.3, -0.25) is 11.3 Å². The Labute approximate surface area is 127 Å². The molecule has 1 aliphatic rings. The molecule has 2 aromatic carbocycles. The minimum atomic E-state index is -0.410. The van der Waals surface area contributed by atoms with Crippen molar-refractivity contribution in [3.63, 3.8) is 0 Å². The van der Waals surface area contributed by atoms with Crippen LogP contribution in [0.2, 0.25) is 5.02 Å². The average Bonchev–Trinajstić information content (AvgIpc) is 2.95. The van der Waals surface area contributed by atoms with Crippen LogP contribution in [0.1, 0.15) is 28.3 Å². The number of nitrogens with one attached hydrogen (secondary N) is 1. The second-order valence-electron chi connectivity index (χ2n) is 5.19. The Bertz CT molecular complexity index is 663. The van der Waals surface area contributed by atoms with E-state index in [1.165, 1.54) is 17.2 Å². The van der Waals surface area contributed by atoms with E-state index in [1.807, 2.05) is 12.1 Å². The largest absolute Gasteiger partial charge is 0.372 e. The first-order valence-electron chi connectivity index (χ1n) is 6.77. The number of hydrogen-bond acceptors (Lipinski definition) is 3. The monoisotopic (exact) mass is 306 g/mol. The van der Waals surface area contributed by atoms with E-state index >= 15 is 0 Å². The Balaban J connectivity index is 1.83. The summed E-state index contributed by atoms with van der Waals surface area (Å²) in [6.45, 7) is 1.30. The second-order valence-corrected chi connectivity index (χ2v) is 5.60. The molecule has 0 fully saturated rings. The third-order valence-corrected chi connectivity index (χ3v) is 4.08. The van der Waals surface area contributed by atoms with Crippen molar-refractivity contribution in [3.05, 3.63) is 69.5 Å². The number of hydrogen-bond donors (Lipinski definition) is 2. The maximum atomic E-state index is 13.5. The molecule has 0 bridgehead atoms. The molecule has 0 aromatic heterocycles. The maximum absolute atomic E-state index is 13.5. The Morgan fingerprint density at radius 3 is 2.76 bits per heavy atom. The van der Waals surface area contributed by atoms with Gasteiger partial charge < -0.3 is 4.74 Å². The summed E-state index contributed by atoms with van der Waals surface area (Å²) in [6, 6.07) is 10.9. The van der Waals surface area contributed by atoms with E-state index < -0.39 is 5.82 Å². The number of benzene rings is 2. The number of hydrazine groups is 1. The molecule has 0 saturated heterocycles. The molecular weight excluding hydrogens is 291 g/mol. The summed E-state index contributed by atoms with van der Waals surface area (Å²) < 4.78 is 18.9. The van der Waals surface area contributed by atoms with Crippen LogP contribution in [0.4, 0.5) is 4.39 Å². The fourth-order valence-corrected chi connectivity index (χ4v) is 2.70. The third-order valence-electron chi connectivity index (χ3n) is 3.77.